The van der Waals surface area contributed by atoms with E-state index in [1.54, 1.807) is 4.31 Å². The van der Waals surface area contributed by atoms with Crippen molar-refractivity contribution in [2.75, 3.05) is 25.4 Å². The first-order valence-electron chi connectivity index (χ1n) is 13.8. The van der Waals surface area contributed by atoms with E-state index in [1.165, 1.54) is 11.1 Å². The third kappa shape index (κ3) is 4.01. The van der Waals surface area contributed by atoms with E-state index in [0.717, 1.165) is 19.3 Å². The largest absolute Gasteiger partial charge is 0.387 e. The molecule has 4 aliphatic rings. The first-order valence-corrected chi connectivity index (χ1v) is 15.4. The Kier molecular flexibility index (Phi) is 6.46. The fraction of sp³-hybridized carbons (Fsp3) is 0.690. The number of fused-ring (bicyclic) bond motifs is 4. The van der Waals surface area contributed by atoms with Gasteiger partial charge in [0.05, 0.1) is 17.4 Å². The Bertz CT molecular complexity index is 1200. The van der Waals surface area contributed by atoms with Gasteiger partial charge in [0.1, 0.15) is 0 Å². The van der Waals surface area contributed by atoms with E-state index in [9.17, 15) is 18.3 Å². The third-order valence-electron chi connectivity index (χ3n) is 10.7. The van der Waals surface area contributed by atoms with Crippen molar-refractivity contribution in [1.29, 1.82) is 0 Å². The fourth-order valence-corrected chi connectivity index (χ4v) is 10.3. The average molecular weight is 530 g/mol. The number of carbonyl (C=O) groups excluding carboxylic acids is 1. The second-order valence-electron chi connectivity index (χ2n) is 13.0. The summed E-state index contributed by atoms with van der Waals surface area (Å²) in [6, 6.07) is 7.72. The van der Waals surface area contributed by atoms with Crippen molar-refractivity contribution < 1.29 is 18.3 Å². The Labute approximate surface area is 221 Å². The number of piperidine rings is 1. The summed E-state index contributed by atoms with van der Waals surface area (Å²) in [6.07, 6.45) is 7.97. The van der Waals surface area contributed by atoms with E-state index >= 15 is 0 Å². The standard InChI is InChI=1S/C29H43N3O4S/c1-20(2)24(30)25(33)31-18-29(34)17-22-10-12-28(29,26(22,3)4)19-37(35,36)32-15-13-27(14-16-32)11-9-21-7-5-6-8-23(21)27/h5-9,11,20,22,24,34H,10,12-19,30H2,1-4H3,(H,31,33)/t22-,24+,28+,29-/m1/s1. The van der Waals surface area contributed by atoms with E-state index in [4.69, 9.17) is 5.73 Å². The monoisotopic (exact) mass is 529 g/mol. The molecule has 4 atom stereocenters. The van der Waals surface area contributed by atoms with Crippen LogP contribution in [0.3, 0.4) is 0 Å². The maximum Gasteiger partial charge on any atom is 0.237 e. The molecule has 1 aromatic rings. The number of amides is 1. The summed E-state index contributed by atoms with van der Waals surface area (Å²) in [6.45, 7) is 8.95. The molecule has 3 aliphatic carbocycles. The zero-order valence-corrected chi connectivity index (χ0v) is 23.5. The molecule has 1 saturated heterocycles. The summed E-state index contributed by atoms with van der Waals surface area (Å²) in [4.78, 5) is 12.6. The number of allylic oxidation sites excluding steroid dienone is 1. The predicted molar refractivity (Wildman–Crippen MR) is 146 cm³/mol. The maximum absolute atomic E-state index is 14.0. The first kappa shape index (κ1) is 26.9. The normalized spacial score (nSPS) is 32.7. The lowest BCUT2D eigenvalue weighted by Crippen LogP contribution is -2.61. The van der Waals surface area contributed by atoms with Gasteiger partial charge in [-0.15, -0.1) is 0 Å². The van der Waals surface area contributed by atoms with Crippen LogP contribution in [0.4, 0.5) is 0 Å². The van der Waals surface area contributed by atoms with Crippen LogP contribution in [0.25, 0.3) is 6.08 Å². The minimum absolute atomic E-state index is 0.0236. The SMILES string of the molecule is CC(C)[C@H](N)C(=O)NC[C@]1(O)C[C@H]2CC[C@]1(CS(=O)(=O)N1CCC3(C=Cc4ccccc43)CC1)C2(C)C. The molecule has 5 rings (SSSR count). The van der Waals surface area contributed by atoms with Gasteiger partial charge in [0.15, 0.2) is 0 Å². The number of nitrogens with two attached hydrogens (primary N) is 1. The molecule has 3 fully saturated rings. The van der Waals surface area contributed by atoms with Gasteiger partial charge in [0, 0.05) is 30.5 Å². The Morgan fingerprint density at radius 2 is 1.86 bits per heavy atom. The van der Waals surface area contributed by atoms with Crippen molar-refractivity contribution in [1.82, 2.24) is 9.62 Å². The molecule has 4 N–H and O–H groups in total. The fourth-order valence-electron chi connectivity index (χ4n) is 8.01. The van der Waals surface area contributed by atoms with Gasteiger partial charge in [0.25, 0.3) is 0 Å². The highest BCUT2D eigenvalue weighted by Gasteiger charge is 2.72. The molecule has 1 aromatic carbocycles. The van der Waals surface area contributed by atoms with E-state index in [1.807, 2.05) is 19.9 Å². The minimum Gasteiger partial charge on any atom is -0.387 e. The van der Waals surface area contributed by atoms with Gasteiger partial charge >= 0.3 is 0 Å². The number of rotatable bonds is 7. The van der Waals surface area contributed by atoms with E-state index in [-0.39, 0.29) is 40.9 Å². The molecule has 7 nitrogen and oxygen atoms in total. The van der Waals surface area contributed by atoms with Gasteiger partial charge in [-0.25, -0.2) is 12.7 Å². The molecule has 1 heterocycles. The van der Waals surface area contributed by atoms with Crippen LogP contribution in [0, 0.1) is 22.7 Å². The highest BCUT2D eigenvalue weighted by Crippen LogP contribution is 2.70. The highest BCUT2D eigenvalue weighted by atomic mass is 32.2. The lowest BCUT2D eigenvalue weighted by molar-refractivity contribution is -0.128. The molecule has 1 amide bonds. The van der Waals surface area contributed by atoms with Gasteiger partial charge < -0.3 is 16.2 Å². The molecular formula is C29H43N3O4S. The van der Waals surface area contributed by atoms with Crippen molar-refractivity contribution in [3.05, 3.63) is 41.5 Å². The Hall–Kier alpha value is -1.74. The zero-order valence-electron chi connectivity index (χ0n) is 22.7. The molecule has 1 spiro atoms. The molecule has 2 saturated carbocycles. The van der Waals surface area contributed by atoms with E-state index < -0.39 is 27.1 Å². The number of hydrogen-bond acceptors (Lipinski definition) is 5. The van der Waals surface area contributed by atoms with Crippen LogP contribution >= 0.6 is 0 Å². The number of aliphatic hydroxyl groups is 1. The number of sulfonamides is 1. The second-order valence-corrected chi connectivity index (χ2v) is 15.0. The lowest BCUT2D eigenvalue weighted by Gasteiger charge is -2.49. The van der Waals surface area contributed by atoms with Crippen LogP contribution < -0.4 is 11.1 Å². The second kappa shape index (κ2) is 8.90. The smallest absolute Gasteiger partial charge is 0.237 e. The van der Waals surface area contributed by atoms with E-state index in [2.05, 4.69) is 49.5 Å². The molecule has 0 aromatic heterocycles. The van der Waals surface area contributed by atoms with Crippen LogP contribution in [-0.2, 0) is 20.2 Å². The summed E-state index contributed by atoms with van der Waals surface area (Å²) in [5.41, 5.74) is 5.99. The van der Waals surface area contributed by atoms with Gasteiger partial charge in [0.2, 0.25) is 15.9 Å². The molecule has 0 radical (unpaired) electrons. The molecule has 204 valence electrons. The van der Waals surface area contributed by atoms with Crippen LogP contribution in [0.1, 0.15) is 70.9 Å². The van der Waals surface area contributed by atoms with Crippen molar-refractivity contribution in [2.24, 2.45) is 28.4 Å². The van der Waals surface area contributed by atoms with Gasteiger partial charge in [-0.2, -0.15) is 0 Å². The van der Waals surface area contributed by atoms with Gasteiger partial charge in [-0.1, -0.05) is 64.1 Å². The number of nitrogens with one attached hydrogen (secondary N) is 1. The lowest BCUT2D eigenvalue weighted by atomic mass is 9.64. The Morgan fingerprint density at radius 3 is 2.51 bits per heavy atom. The van der Waals surface area contributed by atoms with Gasteiger partial charge in [-0.05, 0) is 60.5 Å². The Morgan fingerprint density at radius 1 is 1.19 bits per heavy atom. The highest BCUT2D eigenvalue weighted by molar-refractivity contribution is 7.89. The van der Waals surface area contributed by atoms with Crippen molar-refractivity contribution in [2.45, 2.75) is 76.9 Å². The van der Waals surface area contributed by atoms with E-state index in [0.29, 0.717) is 25.9 Å². The summed E-state index contributed by atoms with van der Waals surface area (Å²) >= 11 is 0. The van der Waals surface area contributed by atoms with Crippen molar-refractivity contribution >= 4 is 22.0 Å². The van der Waals surface area contributed by atoms with Crippen LogP contribution in [0.2, 0.25) is 0 Å². The molecule has 0 unspecified atom stereocenters. The van der Waals surface area contributed by atoms with Crippen LogP contribution in [-0.4, -0.2) is 60.8 Å². The summed E-state index contributed by atoms with van der Waals surface area (Å²) in [5, 5.41) is 14.9. The number of nitrogens with zero attached hydrogens (tertiary/aromatic N) is 1. The molecule has 37 heavy (non-hydrogen) atoms. The number of carbonyl (C=O) groups is 1. The molecule has 1 aliphatic heterocycles. The quantitative estimate of drug-likeness (QED) is 0.503. The topological polar surface area (TPSA) is 113 Å². The average Bonchev–Trinajstić information content (AvgIpc) is 3.38. The first-order chi connectivity index (χ1) is 17.3. The van der Waals surface area contributed by atoms with Crippen molar-refractivity contribution in [3.8, 4) is 0 Å². The van der Waals surface area contributed by atoms with Crippen LogP contribution in [0.5, 0.6) is 0 Å². The summed E-state index contributed by atoms with van der Waals surface area (Å²) < 4.78 is 29.6. The summed E-state index contributed by atoms with van der Waals surface area (Å²) in [5.74, 6) is -0.197. The maximum atomic E-state index is 14.0. The third-order valence-corrected chi connectivity index (χ3v) is 12.8. The van der Waals surface area contributed by atoms with Crippen molar-refractivity contribution in [3.63, 3.8) is 0 Å². The van der Waals surface area contributed by atoms with Gasteiger partial charge in [-0.3, -0.25) is 4.79 Å². The molecular weight excluding hydrogens is 486 g/mol. The summed E-state index contributed by atoms with van der Waals surface area (Å²) in [7, 11) is -3.63. The zero-order chi connectivity index (χ0) is 26.9. The molecule has 8 heteroatoms. The molecule has 2 bridgehead atoms. The van der Waals surface area contributed by atoms with Crippen LogP contribution in [0.15, 0.2) is 30.3 Å². The Balaban J connectivity index is 1.34. The minimum atomic E-state index is -3.63. The predicted octanol–water partition coefficient (Wildman–Crippen LogP) is 3.03. The number of benzene rings is 1. The number of hydrogen-bond donors (Lipinski definition) is 3.